The number of terminal acetylenes is 1. The molecule has 2 N–H and O–H groups in total. The van der Waals surface area contributed by atoms with E-state index >= 15 is 0 Å². The standard InChI is InChI=1S/C33H46O4Si2/c1-10-33(35)31(5,6)29-27(24-32(33,36-29)28(34)22-17-23-38(7,8)9)37-39(30(2,3)4,25-18-13-11-14-19-25)26-20-15-12-16-21-26/h1,11-22,27-29,34-35H,23-24H2,2-9H3/b22-17+/t27-,28-,29-,32-,33+/m0/s1. The van der Waals surface area contributed by atoms with Crippen LogP contribution in [0.25, 0.3) is 0 Å². The number of ether oxygens (including phenoxy) is 1. The molecule has 2 aromatic carbocycles. The molecule has 0 saturated carbocycles. The largest absolute Gasteiger partial charge is 0.402 e. The fraction of sp³-hybridized carbons (Fsp3) is 0.515. The maximum atomic E-state index is 12.0. The molecular formula is C33H46O4Si2. The van der Waals surface area contributed by atoms with Crippen LogP contribution in [0.3, 0.4) is 0 Å². The van der Waals surface area contributed by atoms with Crippen LogP contribution in [0.15, 0.2) is 72.8 Å². The maximum absolute atomic E-state index is 12.0. The number of hydrogen-bond acceptors (Lipinski definition) is 4. The minimum atomic E-state index is -2.90. The van der Waals surface area contributed by atoms with Gasteiger partial charge < -0.3 is 19.4 Å². The van der Waals surface area contributed by atoms with Gasteiger partial charge in [-0.15, -0.1) is 6.42 Å². The molecule has 4 nitrogen and oxygen atoms in total. The fourth-order valence-corrected chi connectivity index (χ4v) is 12.3. The van der Waals surface area contributed by atoms with Gasteiger partial charge in [0.15, 0.2) is 5.60 Å². The van der Waals surface area contributed by atoms with Crippen molar-refractivity contribution in [3.63, 3.8) is 0 Å². The van der Waals surface area contributed by atoms with Crippen molar-refractivity contribution >= 4 is 26.8 Å². The zero-order chi connectivity index (χ0) is 28.9. The molecule has 2 bridgehead atoms. The van der Waals surface area contributed by atoms with E-state index in [9.17, 15) is 10.2 Å². The smallest absolute Gasteiger partial charge is 0.261 e. The fourth-order valence-electron chi connectivity index (χ4n) is 6.79. The normalized spacial score (nSPS) is 29.5. The Morgan fingerprint density at radius 2 is 1.56 bits per heavy atom. The molecule has 2 heterocycles. The SMILES string of the molecule is C#C[C@@]1(O)C(C)(C)[C@H]2O[C@]1([C@@H](O)/C=C/C[Si](C)(C)C)C[C@@H]2O[Si](c1ccccc1)(c1ccccc1)C(C)(C)C. The molecule has 2 saturated heterocycles. The lowest BCUT2D eigenvalue weighted by Crippen LogP contribution is -2.71. The Hall–Kier alpha value is -1.99. The first kappa shape index (κ1) is 30.0. The van der Waals surface area contributed by atoms with E-state index in [1.165, 1.54) is 10.4 Å². The maximum Gasteiger partial charge on any atom is 0.261 e. The van der Waals surface area contributed by atoms with Crippen molar-refractivity contribution in [2.24, 2.45) is 5.41 Å². The summed E-state index contributed by atoms with van der Waals surface area (Å²) in [6, 6.07) is 22.0. The lowest BCUT2D eigenvalue weighted by molar-refractivity contribution is -0.146. The Labute approximate surface area is 237 Å². The van der Waals surface area contributed by atoms with Crippen LogP contribution >= 0.6 is 0 Å². The van der Waals surface area contributed by atoms with Gasteiger partial charge in [-0.2, -0.15) is 0 Å². The molecule has 210 valence electrons. The van der Waals surface area contributed by atoms with E-state index in [0.717, 1.165) is 6.04 Å². The molecule has 2 aliphatic rings. The highest BCUT2D eigenvalue weighted by molar-refractivity contribution is 6.99. The number of allylic oxidation sites excluding steroid dienone is 1. The number of aliphatic hydroxyl groups excluding tert-OH is 1. The quantitative estimate of drug-likeness (QED) is 0.266. The molecule has 2 aromatic rings. The van der Waals surface area contributed by atoms with Crippen LogP contribution in [-0.4, -0.2) is 56.1 Å². The highest BCUT2D eigenvalue weighted by Crippen LogP contribution is 2.62. The van der Waals surface area contributed by atoms with Gasteiger partial charge in [0, 0.05) is 19.9 Å². The summed E-state index contributed by atoms with van der Waals surface area (Å²) in [4.78, 5) is 0. The first-order valence-corrected chi connectivity index (χ1v) is 19.7. The molecule has 6 heteroatoms. The van der Waals surface area contributed by atoms with Gasteiger partial charge >= 0.3 is 0 Å². The van der Waals surface area contributed by atoms with E-state index in [0.29, 0.717) is 6.42 Å². The predicted octanol–water partition coefficient (Wildman–Crippen LogP) is 5.12. The van der Waals surface area contributed by atoms with Crippen LogP contribution < -0.4 is 10.4 Å². The highest BCUT2D eigenvalue weighted by Gasteiger charge is 2.78. The summed E-state index contributed by atoms with van der Waals surface area (Å²) in [5.41, 5.74) is -3.86. The van der Waals surface area contributed by atoms with E-state index in [2.05, 4.69) is 94.9 Å². The van der Waals surface area contributed by atoms with Gasteiger partial charge in [0.2, 0.25) is 0 Å². The second-order valence-corrected chi connectivity index (χ2v) is 23.9. The number of benzene rings is 2. The van der Waals surface area contributed by atoms with E-state index in [1.807, 2.05) is 32.1 Å². The second kappa shape index (κ2) is 10.1. The van der Waals surface area contributed by atoms with Crippen LogP contribution in [0.2, 0.25) is 30.7 Å². The second-order valence-electron chi connectivity index (χ2n) is 14.2. The average Bonchev–Trinajstić information content (AvgIpc) is 3.34. The predicted molar refractivity (Wildman–Crippen MR) is 166 cm³/mol. The van der Waals surface area contributed by atoms with Gasteiger partial charge in [-0.3, -0.25) is 0 Å². The Morgan fingerprint density at radius 3 is 2.00 bits per heavy atom. The summed E-state index contributed by atoms with van der Waals surface area (Å²) in [7, 11) is -4.26. The molecule has 0 amide bonds. The third-order valence-corrected chi connectivity index (χ3v) is 15.4. The van der Waals surface area contributed by atoms with E-state index in [-0.39, 0.29) is 11.1 Å². The lowest BCUT2D eigenvalue weighted by Gasteiger charge is -2.51. The van der Waals surface area contributed by atoms with Crippen LogP contribution in [0.1, 0.15) is 41.0 Å². The molecule has 4 rings (SSSR count). The molecule has 39 heavy (non-hydrogen) atoms. The molecule has 0 aromatic heterocycles. The molecule has 0 unspecified atom stereocenters. The summed E-state index contributed by atoms with van der Waals surface area (Å²) in [6.45, 7) is 17.5. The Balaban J connectivity index is 1.83. The van der Waals surface area contributed by atoms with Crippen LogP contribution in [-0.2, 0) is 9.16 Å². The molecule has 0 spiro atoms. The van der Waals surface area contributed by atoms with Gasteiger partial charge in [-0.05, 0) is 21.5 Å². The van der Waals surface area contributed by atoms with E-state index in [4.69, 9.17) is 15.6 Å². The summed E-state index contributed by atoms with van der Waals surface area (Å²) < 4.78 is 14.2. The van der Waals surface area contributed by atoms with Crippen molar-refractivity contribution < 1.29 is 19.4 Å². The number of fused-ring (bicyclic) bond motifs is 2. The van der Waals surface area contributed by atoms with Crippen molar-refractivity contribution in [3.8, 4) is 12.3 Å². The molecule has 0 aliphatic carbocycles. The van der Waals surface area contributed by atoms with Gasteiger partial charge in [0.25, 0.3) is 8.32 Å². The Morgan fingerprint density at radius 1 is 1.05 bits per heavy atom. The summed E-state index contributed by atoms with van der Waals surface area (Å²) in [6.07, 6.45) is 8.25. The summed E-state index contributed by atoms with van der Waals surface area (Å²) in [5.74, 6) is 2.67. The van der Waals surface area contributed by atoms with Gasteiger partial charge in [-0.1, -0.05) is 133 Å². The van der Waals surface area contributed by atoms with Crippen LogP contribution in [0.5, 0.6) is 0 Å². The minimum Gasteiger partial charge on any atom is -0.402 e. The molecule has 5 atom stereocenters. The van der Waals surface area contributed by atoms with Crippen LogP contribution in [0.4, 0.5) is 0 Å². The monoisotopic (exact) mass is 562 g/mol. The topological polar surface area (TPSA) is 58.9 Å². The third kappa shape index (κ3) is 4.71. The third-order valence-electron chi connectivity index (χ3n) is 8.92. The molecular weight excluding hydrogens is 517 g/mol. The molecule has 2 aliphatic heterocycles. The summed E-state index contributed by atoms with van der Waals surface area (Å²) in [5, 5.41) is 25.8. The Kier molecular flexibility index (Phi) is 7.79. The number of rotatable bonds is 8. The van der Waals surface area contributed by atoms with E-state index in [1.54, 1.807) is 6.08 Å². The van der Waals surface area contributed by atoms with Crippen molar-refractivity contribution in [2.75, 3.05) is 0 Å². The zero-order valence-electron chi connectivity index (χ0n) is 24.9. The minimum absolute atomic E-state index is 0.215. The van der Waals surface area contributed by atoms with Crippen molar-refractivity contribution in [1.82, 2.24) is 0 Å². The van der Waals surface area contributed by atoms with E-state index < -0.39 is 45.2 Å². The van der Waals surface area contributed by atoms with Gasteiger partial charge in [0.1, 0.15) is 11.7 Å². The van der Waals surface area contributed by atoms with Gasteiger partial charge in [0.05, 0.1) is 12.2 Å². The first-order chi connectivity index (χ1) is 18.1. The summed E-state index contributed by atoms with van der Waals surface area (Å²) >= 11 is 0. The highest BCUT2D eigenvalue weighted by atomic mass is 28.4. The zero-order valence-corrected chi connectivity index (χ0v) is 26.9. The number of hydrogen-bond donors (Lipinski definition) is 2. The van der Waals surface area contributed by atoms with Crippen LogP contribution in [0, 0.1) is 17.8 Å². The van der Waals surface area contributed by atoms with Crippen molar-refractivity contribution in [1.29, 1.82) is 0 Å². The lowest BCUT2D eigenvalue weighted by atomic mass is 9.58. The van der Waals surface area contributed by atoms with Crippen molar-refractivity contribution in [3.05, 3.63) is 72.8 Å². The molecule has 0 radical (unpaired) electrons. The first-order valence-electron chi connectivity index (χ1n) is 14.1. The van der Waals surface area contributed by atoms with Gasteiger partial charge in [-0.25, -0.2) is 0 Å². The molecule has 2 fully saturated rings. The number of aliphatic hydroxyl groups is 2. The Bertz CT molecular complexity index is 1180. The van der Waals surface area contributed by atoms with Crippen molar-refractivity contribution in [2.45, 2.75) is 101 Å². The average molecular weight is 563 g/mol.